The quantitative estimate of drug-likeness (QED) is 0.538. The van der Waals surface area contributed by atoms with Crippen LogP contribution in [-0.2, 0) is 0 Å². The van der Waals surface area contributed by atoms with Crippen molar-refractivity contribution >= 4 is 21.6 Å². The number of fused-ring (bicyclic) bond motifs is 1. The number of halogens is 2. The molecular formula is C19H13BrFN3O. The molecule has 0 saturated carbocycles. The van der Waals surface area contributed by atoms with Crippen molar-refractivity contribution in [3.63, 3.8) is 0 Å². The van der Waals surface area contributed by atoms with Gasteiger partial charge in [-0.2, -0.15) is 0 Å². The summed E-state index contributed by atoms with van der Waals surface area (Å²) in [5, 5.41) is 3.04. The van der Waals surface area contributed by atoms with Crippen LogP contribution >= 0.6 is 15.9 Å². The SMILES string of the molecule is Cc1[nH]n2c(=O)cc(-c3ccccc3F)nc2c1-c1ccc(Br)cc1. The van der Waals surface area contributed by atoms with Crippen LogP contribution in [0.4, 0.5) is 4.39 Å². The van der Waals surface area contributed by atoms with E-state index < -0.39 is 5.82 Å². The summed E-state index contributed by atoms with van der Waals surface area (Å²) in [7, 11) is 0. The molecule has 0 aliphatic rings. The van der Waals surface area contributed by atoms with Gasteiger partial charge in [-0.1, -0.05) is 40.2 Å². The molecule has 1 N–H and O–H groups in total. The van der Waals surface area contributed by atoms with Gasteiger partial charge in [0.25, 0.3) is 5.56 Å². The monoisotopic (exact) mass is 397 g/mol. The number of benzene rings is 2. The highest BCUT2D eigenvalue weighted by molar-refractivity contribution is 9.10. The van der Waals surface area contributed by atoms with E-state index in [0.29, 0.717) is 16.9 Å². The average molecular weight is 398 g/mol. The third-order valence-electron chi connectivity index (χ3n) is 4.08. The molecule has 0 spiro atoms. The van der Waals surface area contributed by atoms with Crippen LogP contribution < -0.4 is 5.56 Å². The molecule has 0 amide bonds. The van der Waals surface area contributed by atoms with Gasteiger partial charge in [-0.05, 0) is 36.8 Å². The van der Waals surface area contributed by atoms with Gasteiger partial charge in [0.05, 0.1) is 5.69 Å². The maximum atomic E-state index is 14.1. The summed E-state index contributed by atoms with van der Waals surface area (Å²) in [6.07, 6.45) is 0. The third-order valence-corrected chi connectivity index (χ3v) is 4.61. The molecule has 0 saturated heterocycles. The first-order valence-electron chi connectivity index (χ1n) is 7.68. The summed E-state index contributed by atoms with van der Waals surface area (Å²) in [6.45, 7) is 1.88. The molecule has 0 radical (unpaired) electrons. The van der Waals surface area contributed by atoms with Crippen LogP contribution in [0.15, 0.2) is 63.9 Å². The summed E-state index contributed by atoms with van der Waals surface area (Å²) in [5.41, 5.74) is 3.39. The maximum absolute atomic E-state index is 14.1. The van der Waals surface area contributed by atoms with Crippen LogP contribution in [0.25, 0.3) is 28.0 Å². The van der Waals surface area contributed by atoms with Crippen LogP contribution in [0.5, 0.6) is 0 Å². The van der Waals surface area contributed by atoms with Gasteiger partial charge in [-0.3, -0.25) is 9.89 Å². The molecule has 6 heteroatoms. The second-order valence-electron chi connectivity index (χ2n) is 5.74. The lowest BCUT2D eigenvalue weighted by Gasteiger charge is -2.05. The van der Waals surface area contributed by atoms with E-state index in [9.17, 15) is 9.18 Å². The lowest BCUT2D eigenvalue weighted by molar-refractivity contribution is 0.630. The molecule has 2 aromatic carbocycles. The fourth-order valence-electron chi connectivity index (χ4n) is 2.92. The van der Waals surface area contributed by atoms with Gasteiger partial charge in [0.2, 0.25) is 0 Å². The summed E-state index contributed by atoms with van der Waals surface area (Å²) in [5.74, 6) is -0.406. The number of nitrogens with one attached hydrogen (secondary N) is 1. The Bertz CT molecular complexity index is 1150. The van der Waals surface area contributed by atoms with Crippen molar-refractivity contribution in [3.8, 4) is 22.4 Å². The van der Waals surface area contributed by atoms with Gasteiger partial charge < -0.3 is 0 Å². The average Bonchev–Trinajstić information content (AvgIpc) is 2.93. The first-order valence-corrected chi connectivity index (χ1v) is 8.47. The Hall–Kier alpha value is -2.73. The van der Waals surface area contributed by atoms with E-state index in [4.69, 9.17) is 0 Å². The predicted octanol–water partition coefficient (Wildman–Crippen LogP) is 4.57. The first kappa shape index (κ1) is 15.8. The lowest BCUT2D eigenvalue weighted by atomic mass is 10.1. The molecule has 0 unspecified atom stereocenters. The van der Waals surface area contributed by atoms with Gasteiger partial charge >= 0.3 is 0 Å². The second-order valence-corrected chi connectivity index (χ2v) is 6.65. The number of hydrogen-bond acceptors (Lipinski definition) is 2. The van der Waals surface area contributed by atoms with Crippen molar-refractivity contribution in [2.45, 2.75) is 6.92 Å². The molecule has 0 aliphatic carbocycles. The third kappa shape index (κ3) is 2.68. The molecule has 4 rings (SSSR count). The van der Waals surface area contributed by atoms with E-state index in [0.717, 1.165) is 21.3 Å². The Morgan fingerprint density at radius 3 is 2.56 bits per heavy atom. The molecule has 0 fully saturated rings. The zero-order valence-electron chi connectivity index (χ0n) is 13.3. The van der Waals surface area contributed by atoms with Crippen molar-refractivity contribution in [3.05, 3.63) is 80.9 Å². The number of rotatable bonds is 2. The maximum Gasteiger partial charge on any atom is 0.273 e. The fourth-order valence-corrected chi connectivity index (χ4v) is 3.18. The van der Waals surface area contributed by atoms with Crippen molar-refractivity contribution in [2.75, 3.05) is 0 Å². The Balaban J connectivity index is 2.02. The zero-order chi connectivity index (χ0) is 17.6. The molecule has 2 aromatic heterocycles. The molecule has 124 valence electrons. The summed E-state index contributed by atoms with van der Waals surface area (Å²) in [6, 6.07) is 15.4. The van der Waals surface area contributed by atoms with Crippen LogP contribution in [0.2, 0.25) is 0 Å². The minimum atomic E-state index is -0.406. The molecule has 0 bridgehead atoms. The summed E-state index contributed by atoms with van der Waals surface area (Å²) in [4.78, 5) is 17.1. The van der Waals surface area contributed by atoms with Crippen LogP contribution in [0, 0.1) is 12.7 Å². The van der Waals surface area contributed by atoms with Crippen molar-refractivity contribution in [2.24, 2.45) is 0 Å². The predicted molar refractivity (Wildman–Crippen MR) is 99.1 cm³/mol. The van der Waals surface area contributed by atoms with Gasteiger partial charge in [-0.15, -0.1) is 0 Å². The minimum Gasteiger partial charge on any atom is -0.293 e. The number of hydrogen-bond donors (Lipinski definition) is 1. The summed E-state index contributed by atoms with van der Waals surface area (Å²) < 4.78 is 16.5. The highest BCUT2D eigenvalue weighted by atomic mass is 79.9. The van der Waals surface area contributed by atoms with E-state index in [1.807, 2.05) is 31.2 Å². The Kier molecular flexibility index (Phi) is 3.77. The Morgan fingerprint density at radius 1 is 1.12 bits per heavy atom. The topological polar surface area (TPSA) is 50.2 Å². The standard InChI is InChI=1S/C19H13BrFN3O/c1-11-18(12-6-8-13(20)9-7-12)19-22-16(10-17(25)24(19)23-11)14-4-2-3-5-15(14)21/h2-10,23H,1H3. The number of nitrogens with zero attached hydrogens (tertiary/aromatic N) is 2. The van der Waals surface area contributed by atoms with Crippen LogP contribution in [0.1, 0.15) is 5.69 Å². The van der Waals surface area contributed by atoms with E-state index in [-0.39, 0.29) is 5.56 Å². The largest absolute Gasteiger partial charge is 0.293 e. The smallest absolute Gasteiger partial charge is 0.273 e. The fraction of sp³-hybridized carbons (Fsp3) is 0.0526. The van der Waals surface area contributed by atoms with E-state index >= 15 is 0 Å². The zero-order valence-corrected chi connectivity index (χ0v) is 14.8. The number of H-pyrrole nitrogens is 1. The summed E-state index contributed by atoms with van der Waals surface area (Å²) >= 11 is 3.42. The number of aromatic nitrogens is 3. The molecule has 0 atom stereocenters. The van der Waals surface area contributed by atoms with Crippen LogP contribution in [-0.4, -0.2) is 14.6 Å². The van der Waals surface area contributed by atoms with Gasteiger partial charge in [0, 0.05) is 27.4 Å². The lowest BCUT2D eigenvalue weighted by Crippen LogP contribution is -2.14. The molecule has 2 heterocycles. The van der Waals surface area contributed by atoms with Crippen molar-refractivity contribution in [1.29, 1.82) is 0 Å². The molecular weight excluding hydrogens is 385 g/mol. The highest BCUT2D eigenvalue weighted by Crippen LogP contribution is 2.29. The normalized spacial score (nSPS) is 11.2. The molecule has 0 aliphatic heterocycles. The van der Waals surface area contributed by atoms with Crippen LogP contribution in [0.3, 0.4) is 0 Å². The number of aryl methyl sites for hydroxylation is 1. The molecule has 25 heavy (non-hydrogen) atoms. The Labute approximate surface area is 151 Å². The van der Waals surface area contributed by atoms with Crippen molar-refractivity contribution in [1.82, 2.24) is 14.6 Å². The Morgan fingerprint density at radius 2 is 1.84 bits per heavy atom. The van der Waals surface area contributed by atoms with E-state index in [1.54, 1.807) is 18.2 Å². The van der Waals surface area contributed by atoms with E-state index in [1.165, 1.54) is 16.6 Å². The van der Waals surface area contributed by atoms with Crippen molar-refractivity contribution < 1.29 is 4.39 Å². The second kappa shape index (κ2) is 5.97. The first-order chi connectivity index (χ1) is 12.0. The number of aromatic amines is 1. The van der Waals surface area contributed by atoms with E-state index in [2.05, 4.69) is 26.0 Å². The molecule has 4 aromatic rings. The molecule has 4 nitrogen and oxygen atoms in total. The highest BCUT2D eigenvalue weighted by Gasteiger charge is 2.16. The van der Waals surface area contributed by atoms with Gasteiger partial charge in [0.1, 0.15) is 5.82 Å². The minimum absolute atomic E-state index is 0.283. The van der Waals surface area contributed by atoms with Gasteiger partial charge in [-0.25, -0.2) is 13.9 Å². The van der Waals surface area contributed by atoms with Gasteiger partial charge in [0.15, 0.2) is 5.65 Å².